The fourth-order valence-electron chi connectivity index (χ4n) is 3.08. The molecule has 1 heterocycles. The van der Waals surface area contributed by atoms with Crippen molar-refractivity contribution in [2.45, 2.75) is 57.2 Å². The molecular weight excluding hydrogens is 296 g/mol. The molecule has 1 aliphatic carbocycles. The predicted octanol–water partition coefficient (Wildman–Crippen LogP) is 2.53. The zero-order chi connectivity index (χ0) is 16.3. The molecule has 1 aliphatic heterocycles. The van der Waals surface area contributed by atoms with Crippen molar-refractivity contribution in [2.24, 2.45) is 4.99 Å². The summed E-state index contributed by atoms with van der Waals surface area (Å²) in [6, 6.07) is 0.196. The first-order valence-corrected chi connectivity index (χ1v) is 9.03. The molecule has 2 N–H and O–H groups in total. The van der Waals surface area contributed by atoms with Crippen molar-refractivity contribution in [3.8, 4) is 0 Å². The molecule has 2 fully saturated rings. The van der Waals surface area contributed by atoms with Gasteiger partial charge >= 0.3 is 0 Å². The molecule has 0 aromatic heterocycles. The first kappa shape index (κ1) is 17.3. The Kier molecular flexibility index (Phi) is 5.55. The fraction of sp³-hybridized carbons (Fsp3) is 0.750. The van der Waals surface area contributed by atoms with E-state index in [2.05, 4.69) is 18.4 Å². The Balaban J connectivity index is 2.24. The summed E-state index contributed by atoms with van der Waals surface area (Å²) < 4.78 is 0. The maximum atomic E-state index is 10.2. The van der Waals surface area contributed by atoms with Gasteiger partial charge in [-0.05, 0) is 38.8 Å². The minimum Gasteiger partial charge on any atom is -0.391 e. The Hall–Kier alpha value is -1.01. The lowest BCUT2D eigenvalue weighted by Crippen LogP contribution is -2.45. The lowest BCUT2D eigenvalue weighted by atomic mass is 9.97. The van der Waals surface area contributed by atoms with Crippen molar-refractivity contribution in [1.29, 1.82) is 5.41 Å². The van der Waals surface area contributed by atoms with Crippen LogP contribution in [0.25, 0.3) is 0 Å². The molecule has 2 rings (SSSR count). The fourth-order valence-corrected chi connectivity index (χ4v) is 4.21. The molecule has 3 unspecified atom stereocenters. The molecule has 1 saturated carbocycles. The summed E-state index contributed by atoms with van der Waals surface area (Å²) >= 11 is 1.74. The average molecular weight is 324 g/mol. The van der Waals surface area contributed by atoms with Gasteiger partial charge in [0.05, 0.1) is 12.1 Å². The SMILES string of the molecule is C=CN(C)C(=N)C(C)(CC)/N=C1\SCCN1C1CCCC1O. The van der Waals surface area contributed by atoms with Gasteiger partial charge in [-0.25, -0.2) is 4.99 Å². The molecule has 0 amide bonds. The molecule has 0 bridgehead atoms. The number of thioether (sulfide) groups is 1. The summed E-state index contributed by atoms with van der Waals surface area (Å²) in [7, 11) is 1.84. The lowest BCUT2D eigenvalue weighted by molar-refractivity contribution is 0.113. The van der Waals surface area contributed by atoms with Crippen molar-refractivity contribution < 1.29 is 5.11 Å². The number of nitrogens with one attached hydrogen (secondary N) is 1. The third-order valence-electron chi connectivity index (χ3n) is 4.82. The molecule has 2 aliphatic rings. The number of likely N-dealkylation sites (N-methyl/N-ethyl adjacent to an activating group) is 1. The number of rotatable bonds is 5. The summed E-state index contributed by atoms with van der Waals surface area (Å²) in [5.74, 6) is 1.46. The van der Waals surface area contributed by atoms with E-state index in [1.165, 1.54) is 0 Å². The monoisotopic (exact) mass is 324 g/mol. The van der Waals surface area contributed by atoms with Crippen molar-refractivity contribution in [1.82, 2.24) is 9.80 Å². The van der Waals surface area contributed by atoms with Crippen LogP contribution in [0.3, 0.4) is 0 Å². The van der Waals surface area contributed by atoms with Gasteiger partial charge in [-0.2, -0.15) is 0 Å². The number of nitrogens with zero attached hydrogens (tertiary/aromatic N) is 3. The number of hydrogen-bond acceptors (Lipinski definition) is 4. The van der Waals surface area contributed by atoms with E-state index in [9.17, 15) is 5.11 Å². The predicted molar refractivity (Wildman–Crippen MR) is 94.6 cm³/mol. The molecule has 22 heavy (non-hydrogen) atoms. The molecule has 5 nitrogen and oxygen atoms in total. The number of amidine groups is 2. The third-order valence-corrected chi connectivity index (χ3v) is 5.79. The smallest absolute Gasteiger partial charge is 0.160 e. The second kappa shape index (κ2) is 7.04. The highest BCUT2D eigenvalue weighted by atomic mass is 32.2. The van der Waals surface area contributed by atoms with Crippen LogP contribution in [-0.4, -0.2) is 62.9 Å². The van der Waals surface area contributed by atoms with Crippen LogP contribution >= 0.6 is 11.8 Å². The van der Waals surface area contributed by atoms with Crippen LogP contribution in [0, 0.1) is 5.41 Å². The quantitative estimate of drug-likeness (QED) is 0.602. The highest BCUT2D eigenvalue weighted by Gasteiger charge is 2.37. The third kappa shape index (κ3) is 3.33. The molecule has 1 saturated heterocycles. The van der Waals surface area contributed by atoms with Gasteiger partial charge in [-0.1, -0.05) is 25.3 Å². The van der Waals surface area contributed by atoms with E-state index in [-0.39, 0.29) is 12.1 Å². The highest BCUT2D eigenvalue weighted by Crippen LogP contribution is 2.32. The van der Waals surface area contributed by atoms with Crippen molar-refractivity contribution in [2.75, 3.05) is 19.3 Å². The van der Waals surface area contributed by atoms with Gasteiger partial charge in [0.25, 0.3) is 0 Å². The zero-order valence-electron chi connectivity index (χ0n) is 13.9. The van der Waals surface area contributed by atoms with Gasteiger partial charge in [-0.15, -0.1) is 0 Å². The van der Waals surface area contributed by atoms with E-state index < -0.39 is 5.54 Å². The van der Waals surface area contributed by atoms with Crippen LogP contribution in [0.4, 0.5) is 0 Å². The normalized spacial score (nSPS) is 29.6. The van der Waals surface area contributed by atoms with E-state index in [0.29, 0.717) is 5.84 Å². The maximum absolute atomic E-state index is 10.2. The molecular formula is C16H28N4OS. The molecule has 3 atom stereocenters. The summed E-state index contributed by atoms with van der Waals surface area (Å²) in [6.45, 7) is 8.74. The van der Waals surface area contributed by atoms with E-state index in [0.717, 1.165) is 43.1 Å². The number of hydrogen-bond donors (Lipinski definition) is 2. The van der Waals surface area contributed by atoms with Crippen LogP contribution in [0.2, 0.25) is 0 Å². The molecule has 0 radical (unpaired) electrons. The number of aliphatic hydroxyl groups excluding tert-OH is 1. The van der Waals surface area contributed by atoms with Gasteiger partial charge in [0, 0.05) is 19.3 Å². The van der Waals surface area contributed by atoms with Gasteiger partial charge < -0.3 is 14.9 Å². The maximum Gasteiger partial charge on any atom is 0.160 e. The topological polar surface area (TPSA) is 62.9 Å². The van der Waals surface area contributed by atoms with Gasteiger partial charge in [-0.3, -0.25) is 5.41 Å². The molecule has 0 spiro atoms. The van der Waals surface area contributed by atoms with Crippen molar-refractivity contribution in [3.05, 3.63) is 12.8 Å². The van der Waals surface area contributed by atoms with E-state index in [4.69, 9.17) is 10.4 Å². The van der Waals surface area contributed by atoms with Crippen LogP contribution in [0.15, 0.2) is 17.8 Å². The summed E-state index contributed by atoms with van der Waals surface area (Å²) in [5, 5.41) is 19.6. The average Bonchev–Trinajstić information content (AvgIpc) is 3.13. The van der Waals surface area contributed by atoms with Gasteiger partial charge in [0.1, 0.15) is 11.4 Å². The van der Waals surface area contributed by atoms with Crippen LogP contribution in [0.1, 0.15) is 39.5 Å². The highest BCUT2D eigenvalue weighted by molar-refractivity contribution is 8.14. The lowest BCUT2D eigenvalue weighted by Gasteiger charge is -2.33. The second-order valence-electron chi connectivity index (χ2n) is 6.27. The molecule has 0 aromatic carbocycles. The Bertz CT molecular complexity index is 467. The molecule has 124 valence electrons. The first-order valence-electron chi connectivity index (χ1n) is 8.04. The van der Waals surface area contributed by atoms with E-state index in [1.54, 1.807) is 22.9 Å². The minimum atomic E-state index is -0.558. The number of aliphatic hydroxyl groups is 1. The van der Waals surface area contributed by atoms with Crippen LogP contribution < -0.4 is 0 Å². The van der Waals surface area contributed by atoms with Gasteiger partial charge in [0.2, 0.25) is 0 Å². The van der Waals surface area contributed by atoms with Crippen LogP contribution in [-0.2, 0) is 0 Å². The minimum absolute atomic E-state index is 0.196. The largest absolute Gasteiger partial charge is 0.391 e. The first-order chi connectivity index (χ1) is 10.4. The Morgan fingerprint density at radius 2 is 2.36 bits per heavy atom. The molecule has 6 heteroatoms. The van der Waals surface area contributed by atoms with Gasteiger partial charge in [0.15, 0.2) is 5.17 Å². The van der Waals surface area contributed by atoms with E-state index >= 15 is 0 Å². The van der Waals surface area contributed by atoms with Crippen molar-refractivity contribution in [3.63, 3.8) is 0 Å². The second-order valence-corrected chi connectivity index (χ2v) is 7.33. The molecule has 0 aromatic rings. The Morgan fingerprint density at radius 3 is 2.91 bits per heavy atom. The van der Waals surface area contributed by atoms with Crippen molar-refractivity contribution >= 4 is 22.8 Å². The summed E-state index contributed by atoms with van der Waals surface area (Å²) in [6.07, 6.45) is 5.17. The van der Waals surface area contributed by atoms with Crippen LogP contribution in [0.5, 0.6) is 0 Å². The standard InChI is InChI=1S/C16H28N4OS/c1-5-16(3,14(17)19(4)6-2)18-15-20(10-11-22-15)12-8-7-9-13(12)21/h6,12-13,17,21H,2,5,7-11H2,1,3-4H3/b17-14?,18-15-. The Labute approximate surface area is 138 Å². The number of aliphatic imine (C=N–C) groups is 1. The van der Waals surface area contributed by atoms with E-state index in [1.807, 2.05) is 14.0 Å². The summed E-state index contributed by atoms with van der Waals surface area (Å²) in [4.78, 5) is 8.92. The zero-order valence-corrected chi connectivity index (χ0v) is 14.7. The summed E-state index contributed by atoms with van der Waals surface area (Å²) in [5.41, 5.74) is -0.558. The Morgan fingerprint density at radius 1 is 1.64 bits per heavy atom.